The van der Waals surface area contributed by atoms with Gasteiger partial charge in [-0.15, -0.1) is 0 Å². The maximum atomic E-state index is 12.2. The summed E-state index contributed by atoms with van der Waals surface area (Å²) in [6, 6.07) is 7.47. The predicted molar refractivity (Wildman–Crippen MR) is 79.5 cm³/mol. The number of aromatic amines is 1. The lowest BCUT2D eigenvalue weighted by Gasteiger charge is -2.07. The summed E-state index contributed by atoms with van der Waals surface area (Å²) < 4.78 is 27.9. The minimum Gasteiger partial charge on any atom is -0.316 e. The number of halogens is 1. The second kappa shape index (κ2) is 6.49. The monoisotopic (exact) mass is 358 g/mol. The number of aromatic nitrogens is 2. The first-order chi connectivity index (χ1) is 9.53. The molecule has 8 heteroatoms. The highest BCUT2D eigenvalue weighted by molar-refractivity contribution is 9.10. The van der Waals surface area contributed by atoms with Gasteiger partial charge in [-0.2, -0.15) is 5.10 Å². The zero-order chi connectivity index (χ0) is 14.6. The maximum absolute atomic E-state index is 12.2. The van der Waals surface area contributed by atoms with Gasteiger partial charge in [-0.25, -0.2) is 13.1 Å². The fourth-order valence-corrected chi connectivity index (χ4v) is 3.34. The molecule has 6 nitrogen and oxygen atoms in total. The van der Waals surface area contributed by atoms with Crippen LogP contribution in [0.3, 0.4) is 0 Å². The smallest absolute Gasteiger partial charge is 0.258 e. The summed E-state index contributed by atoms with van der Waals surface area (Å²) in [6.45, 7) is 0.656. The molecule has 1 aromatic heterocycles. The van der Waals surface area contributed by atoms with E-state index >= 15 is 0 Å². The molecule has 1 heterocycles. The number of hydrogen-bond donors (Lipinski definition) is 3. The number of rotatable bonds is 6. The van der Waals surface area contributed by atoms with Crippen LogP contribution in [-0.4, -0.2) is 25.7 Å². The quantitative estimate of drug-likeness (QED) is 0.727. The lowest BCUT2D eigenvalue weighted by molar-refractivity contribution is 0.575. The van der Waals surface area contributed by atoms with Gasteiger partial charge in [0.1, 0.15) is 0 Å². The second-order valence-electron chi connectivity index (χ2n) is 4.21. The zero-order valence-corrected chi connectivity index (χ0v) is 13.3. The van der Waals surface area contributed by atoms with Gasteiger partial charge in [0.05, 0.1) is 6.20 Å². The van der Waals surface area contributed by atoms with E-state index in [1.165, 1.54) is 6.20 Å². The average Bonchev–Trinajstić information content (AvgIpc) is 2.86. The molecule has 0 aliphatic rings. The fourth-order valence-electron chi connectivity index (χ4n) is 1.75. The molecule has 0 atom stereocenters. The molecule has 108 valence electrons. The van der Waals surface area contributed by atoms with Gasteiger partial charge in [-0.05, 0) is 24.7 Å². The number of nitrogens with one attached hydrogen (secondary N) is 3. The van der Waals surface area contributed by atoms with Crippen molar-refractivity contribution in [3.8, 4) is 0 Å². The van der Waals surface area contributed by atoms with E-state index in [2.05, 4.69) is 36.2 Å². The van der Waals surface area contributed by atoms with Crippen molar-refractivity contribution in [2.45, 2.75) is 18.1 Å². The molecule has 3 N–H and O–H groups in total. The fraction of sp³-hybridized carbons (Fsp3) is 0.250. The Morgan fingerprint density at radius 1 is 1.35 bits per heavy atom. The molecular formula is C12H15BrN4O2S. The topological polar surface area (TPSA) is 86.9 Å². The molecule has 0 saturated carbocycles. The summed E-state index contributed by atoms with van der Waals surface area (Å²) in [5.41, 5.74) is 1.48. The van der Waals surface area contributed by atoms with Gasteiger partial charge >= 0.3 is 0 Å². The molecule has 1 aromatic carbocycles. The molecule has 0 spiro atoms. The van der Waals surface area contributed by atoms with Crippen LogP contribution in [0.5, 0.6) is 0 Å². The van der Waals surface area contributed by atoms with E-state index in [9.17, 15) is 8.42 Å². The van der Waals surface area contributed by atoms with Crippen molar-refractivity contribution < 1.29 is 8.42 Å². The Balaban J connectivity index is 2.13. The Labute approximate surface area is 126 Å². The van der Waals surface area contributed by atoms with Crippen LogP contribution < -0.4 is 10.0 Å². The number of H-pyrrole nitrogens is 1. The molecule has 0 radical (unpaired) electrons. The molecule has 0 aliphatic heterocycles. The maximum Gasteiger partial charge on any atom is 0.258 e. The van der Waals surface area contributed by atoms with E-state index in [-0.39, 0.29) is 11.6 Å². The largest absolute Gasteiger partial charge is 0.316 e. The normalized spacial score (nSPS) is 11.7. The second-order valence-corrected chi connectivity index (χ2v) is 6.83. The third-order valence-electron chi connectivity index (χ3n) is 2.67. The summed E-state index contributed by atoms with van der Waals surface area (Å²) in [5.74, 6) is 0. The highest BCUT2D eigenvalue weighted by Crippen LogP contribution is 2.14. The van der Waals surface area contributed by atoms with E-state index in [1.807, 2.05) is 24.3 Å². The van der Waals surface area contributed by atoms with E-state index in [1.54, 1.807) is 7.05 Å². The molecule has 2 rings (SSSR count). The van der Waals surface area contributed by atoms with Crippen LogP contribution >= 0.6 is 15.9 Å². The van der Waals surface area contributed by atoms with Crippen LogP contribution in [-0.2, 0) is 23.1 Å². The first-order valence-electron chi connectivity index (χ1n) is 5.94. The van der Waals surface area contributed by atoms with Gasteiger partial charge in [0.25, 0.3) is 10.0 Å². The third-order valence-corrected chi connectivity index (χ3v) is 4.58. The zero-order valence-electron chi connectivity index (χ0n) is 10.9. The van der Waals surface area contributed by atoms with E-state index in [4.69, 9.17) is 0 Å². The van der Waals surface area contributed by atoms with Crippen LogP contribution in [0.1, 0.15) is 11.1 Å². The van der Waals surface area contributed by atoms with Gasteiger partial charge in [0, 0.05) is 23.1 Å². The number of sulfonamides is 1. The van der Waals surface area contributed by atoms with Crippen molar-refractivity contribution >= 4 is 26.0 Å². The highest BCUT2D eigenvalue weighted by atomic mass is 79.9. The van der Waals surface area contributed by atoms with Gasteiger partial charge in [-0.3, -0.25) is 5.10 Å². The Morgan fingerprint density at radius 3 is 2.85 bits per heavy atom. The Morgan fingerprint density at radius 2 is 2.15 bits per heavy atom. The predicted octanol–water partition coefficient (Wildman–Crippen LogP) is 1.37. The molecule has 0 fully saturated rings. The lowest BCUT2D eigenvalue weighted by atomic mass is 10.2. The van der Waals surface area contributed by atoms with Crippen molar-refractivity contribution in [3.63, 3.8) is 0 Å². The van der Waals surface area contributed by atoms with Crippen molar-refractivity contribution in [2.24, 2.45) is 0 Å². The molecule has 0 amide bonds. The van der Waals surface area contributed by atoms with Gasteiger partial charge in [0.2, 0.25) is 0 Å². The SMILES string of the molecule is CNCc1cn[nH]c1S(=O)(=O)NCc1cccc(Br)c1. The Kier molecular flexibility index (Phi) is 4.92. The molecule has 0 unspecified atom stereocenters. The molecule has 0 saturated heterocycles. The standard InChI is InChI=1S/C12H15BrN4O2S/c1-14-7-10-8-15-17-12(10)20(18,19)16-6-9-3-2-4-11(13)5-9/h2-5,8,14,16H,6-7H2,1H3,(H,15,17). The number of nitrogens with zero attached hydrogens (tertiary/aromatic N) is 1. The van der Waals surface area contributed by atoms with Crippen LogP contribution in [0.2, 0.25) is 0 Å². The third kappa shape index (κ3) is 3.66. The minimum absolute atomic E-state index is 0.0989. The molecule has 0 aliphatic carbocycles. The summed E-state index contributed by atoms with van der Waals surface area (Å²) in [6.07, 6.45) is 1.50. The van der Waals surface area contributed by atoms with E-state index in [0.717, 1.165) is 10.0 Å². The first kappa shape index (κ1) is 15.2. The number of hydrogen-bond acceptors (Lipinski definition) is 4. The van der Waals surface area contributed by atoms with E-state index < -0.39 is 10.0 Å². The van der Waals surface area contributed by atoms with Crippen LogP contribution in [0.4, 0.5) is 0 Å². The van der Waals surface area contributed by atoms with E-state index in [0.29, 0.717) is 12.1 Å². The summed E-state index contributed by atoms with van der Waals surface area (Å²) in [5, 5.41) is 9.32. The van der Waals surface area contributed by atoms with Crippen molar-refractivity contribution in [1.82, 2.24) is 20.2 Å². The Bertz CT molecular complexity index is 684. The summed E-state index contributed by atoms with van der Waals surface area (Å²) in [4.78, 5) is 0. The van der Waals surface area contributed by atoms with Crippen molar-refractivity contribution in [2.75, 3.05) is 7.05 Å². The van der Waals surface area contributed by atoms with Crippen LogP contribution in [0, 0.1) is 0 Å². The van der Waals surface area contributed by atoms with Crippen molar-refractivity contribution in [3.05, 3.63) is 46.1 Å². The van der Waals surface area contributed by atoms with Crippen molar-refractivity contribution in [1.29, 1.82) is 0 Å². The lowest BCUT2D eigenvalue weighted by Crippen LogP contribution is -2.25. The molecular weight excluding hydrogens is 344 g/mol. The average molecular weight is 359 g/mol. The molecule has 0 bridgehead atoms. The van der Waals surface area contributed by atoms with Gasteiger partial charge in [-0.1, -0.05) is 28.1 Å². The number of benzene rings is 1. The van der Waals surface area contributed by atoms with Crippen LogP contribution in [0.25, 0.3) is 0 Å². The molecule has 20 heavy (non-hydrogen) atoms. The summed E-state index contributed by atoms with van der Waals surface area (Å²) >= 11 is 3.35. The highest BCUT2D eigenvalue weighted by Gasteiger charge is 2.20. The molecule has 2 aromatic rings. The first-order valence-corrected chi connectivity index (χ1v) is 8.21. The van der Waals surface area contributed by atoms with Crippen LogP contribution in [0.15, 0.2) is 40.0 Å². The Hall–Kier alpha value is -1.22. The van der Waals surface area contributed by atoms with Gasteiger partial charge in [0.15, 0.2) is 5.03 Å². The van der Waals surface area contributed by atoms with Gasteiger partial charge < -0.3 is 5.32 Å². The summed E-state index contributed by atoms with van der Waals surface area (Å²) in [7, 11) is -1.86. The minimum atomic E-state index is -3.60.